The van der Waals surface area contributed by atoms with Gasteiger partial charge in [-0.25, -0.2) is 4.39 Å². The maximum absolute atomic E-state index is 13.0. The fourth-order valence-electron chi connectivity index (χ4n) is 1.10. The van der Waals surface area contributed by atoms with Crippen LogP contribution >= 0.6 is 0 Å². The fraction of sp³-hybridized carbons (Fsp3) is 0.273. The molecule has 1 rings (SSSR count). The molecule has 0 saturated carbocycles. The summed E-state index contributed by atoms with van der Waals surface area (Å²) in [4.78, 5) is 0. The zero-order chi connectivity index (χ0) is 9.84. The summed E-state index contributed by atoms with van der Waals surface area (Å²) in [7, 11) is 1.46. The van der Waals surface area contributed by atoms with E-state index in [1.165, 1.54) is 18.7 Å². The number of hydrogen-bond acceptors (Lipinski definition) is 1. The monoisotopic (exact) mass is 180 g/mol. The van der Waals surface area contributed by atoms with Crippen molar-refractivity contribution in [2.75, 3.05) is 7.11 Å². The number of ether oxygens (including phenoxy) is 1. The van der Waals surface area contributed by atoms with Crippen LogP contribution in [-0.2, 0) is 0 Å². The van der Waals surface area contributed by atoms with E-state index in [4.69, 9.17) is 4.74 Å². The molecule has 0 aliphatic carbocycles. The van der Waals surface area contributed by atoms with Gasteiger partial charge in [0.2, 0.25) is 0 Å². The van der Waals surface area contributed by atoms with Gasteiger partial charge in [0.15, 0.2) is 11.6 Å². The van der Waals surface area contributed by atoms with Crippen LogP contribution in [0.25, 0.3) is 6.08 Å². The molecular weight excluding hydrogens is 167 g/mol. The number of methoxy groups -OCH3 is 1. The Balaban J connectivity index is 3.06. The predicted molar refractivity (Wildman–Crippen MR) is 52.3 cm³/mol. The van der Waals surface area contributed by atoms with Crippen LogP contribution in [0.15, 0.2) is 23.8 Å². The van der Waals surface area contributed by atoms with Crippen molar-refractivity contribution in [3.63, 3.8) is 0 Å². The molecule has 1 aromatic rings. The molecule has 0 unspecified atom stereocenters. The van der Waals surface area contributed by atoms with Crippen LogP contribution in [0, 0.1) is 5.82 Å². The number of allylic oxidation sites excluding steroid dienone is 1. The maximum atomic E-state index is 13.0. The first-order valence-electron chi connectivity index (χ1n) is 4.12. The molecule has 13 heavy (non-hydrogen) atoms. The lowest BCUT2D eigenvalue weighted by Crippen LogP contribution is -1.88. The fourth-order valence-corrected chi connectivity index (χ4v) is 1.10. The first kappa shape index (κ1) is 9.78. The summed E-state index contributed by atoms with van der Waals surface area (Å²) in [5.41, 5.74) is 2.13. The molecule has 2 heteroatoms. The van der Waals surface area contributed by atoms with Crippen molar-refractivity contribution in [1.29, 1.82) is 0 Å². The molecule has 70 valence electrons. The summed E-state index contributed by atoms with van der Waals surface area (Å²) in [6, 6.07) is 4.82. The maximum Gasteiger partial charge on any atom is 0.165 e. The van der Waals surface area contributed by atoms with Crippen LogP contribution in [0.2, 0.25) is 0 Å². The molecule has 0 radical (unpaired) electrons. The van der Waals surface area contributed by atoms with Gasteiger partial charge in [0.1, 0.15) is 0 Å². The highest BCUT2D eigenvalue weighted by atomic mass is 19.1. The average Bonchev–Trinajstić information content (AvgIpc) is 2.07. The zero-order valence-corrected chi connectivity index (χ0v) is 8.10. The minimum absolute atomic E-state index is 0.287. The van der Waals surface area contributed by atoms with Gasteiger partial charge in [0.25, 0.3) is 0 Å². The SMILES string of the molecule is COc1cc(C=C(C)C)ccc1F. The van der Waals surface area contributed by atoms with E-state index in [-0.39, 0.29) is 11.6 Å². The first-order chi connectivity index (χ1) is 6.13. The Bertz CT molecular complexity index is 325. The van der Waals surface area contributed by atoms with E-state index in [2.05, 4.69) is 0 Å². The van der Waals surface area contributed by atoms with Crippen LogP contribution in [0.5, 0.6) is 5.75 Å². The topological polar surface area (TPSA) is 9.23 Å². The first-order valence-corrected chi connectivity index (χ1v) is 4.12. The van der Waals surface area contributed by atoms with Gasteiger partial charge in [-0.15, -0.1) is 0 Å². The van der Waals surface area contributed by atoms with Gasteiger partial charge in [-0.2, -0.15) is 0 Å². The van der Waals surface area contributed by atoms with Crippen LogP contribution < -0.4 is 4.74 Å². The second-order valence-corrected chi connectivity index (χ2v) is 3.12. The van der Waals surface area contributed by atoms with Crippen molar-refractivity contribution < 1.29 is 9.13 Å². The quantitative estimate of drug-likeness (QED) is 0.678. The number of hydrogen-bond donors (Lipinski definition) is 0. The molecule has 0 bridgehead atoms. The number of benzene rings is 1. The Morgan fingerprint density at radius 1 is 1.38 bits per heavy atom. The van der Waals surface area contributed by atoms with Gasteiger partial charge in [-0.05, 0) is 31.5 Å². The Morgan fingerprint density at radius 2 is 2.08 bits per heavy atom. The van der Waals surface area contributed by atoms with Gasteiger partial charge >= 0.3 is 0 Å². The zero-order valence-electron chi connectivity index (χ0n) is 8.10. The second kappa shape index (κ2) is 4.08. The molecule has 0 aliphatic rings. The van der Waals surface area contributed by atoms with E-state index in [1.807, 2.05) is 19.9 Å². The third-order valence-corrected chi connectivity index (χ3v) is 1.63. The van der Waals surface area contributed by atoms with E-state index < -0.39 is 0 Å². The highest BCUT2D eigenvalue weighted by Crippen LogP contribution is 2.19. The smallest absolute Gasteiger partial charge is 0.165 e. The lowest BCUT2D eigenvalue weighted by atomic mass is 10.1. The molecule has 0 spiro atoms. The van der Waals surface area contributed by atoms with Crippen molar-refractivity contribution in [3.05, 3.63) is 35.2 Å². The van der Waals surface area contributed by atoms with Crippen molar-refractivity contribution in [3.8, 4) is 5.75 Å². The molecule has 0 aliphatic heterocycles. The Labute approximate surface area is 77.8 Å². The van der Waals surface area contributed by atoms with Gasteiger partial charge < -0.3 is 4.74 Å². The second-order valence-electron chi connectivity index (χ2n) is 3.12. The molecule has 1 nitrogen and oxygen atoms in total. The molecule has 1 aromatic carbocycles. The van der Waals surface area contributed by atoms with E-state index >= 15 is 0 Å². The summed E-state index contributed by atoms with van der Waals surface area (Å²) in [5.74, 6) is -0.0385. The molecule has 0 atom stereocenters. The Kier molecular flexibility index (Phi) is 3.07. The predicted octanol–water partition coefficient (Wildman–Crippen LogP) is 3.26. The van der Waals surface area contributed by atoms with Crippen molar-refractivity contribution in [2.45, 2.75) is 13.8 Å². The van der Waals surface area contributed by atoms with Crippen LogP contribution in [0.1, 0.15) is 19.4 Å². The molecule has 0 N–H and O–H groups in total. The number of halogens is 1. The van der Waals surface area contributed by atoms with Gasteiger partial charge in [-0.3, -0.25) is 0 Å². The van der Waals surface area contributed by atoms with Crippen LogP contribution in [0.4, 0.5) is 4.39 Å². The molecule has 0 aromatic heterocycles. The summed E-state index contributed by atoms with van der Waals surface area (Å²) >= 11 is 0. The highest BCUT2D eigenvalue weighted by Gasteiger charge is 2.01. The minimum Gasteiger partial charge on any atom is -0.494 e. The third-order valence-electron chi connectivity index (χ3n) is 1.63. The largest absolute Gasteiger partial charge is 0.494 e. The molecule has 0 saturated heterocycles. The molecule has 0 amide bonds. The van der Waals surface area contributed by atoms with Crippen molar-refractivity contribution in [2.24, 2.45) is 0 Å². The van der Waals surface area contributed by atoms with Gasteiger partial charge in [-0.1, -0.05) is 17.7 Å². The molecule has 0 heterocycles. The van der Waals surface area contributed by atoms with E-state index in [0.717, 1.165) is 5.56 Å². The standard InChI is InChI=1S/C11H13FO/c1-8(2)6-9-4-5-10(12)11(7-9)13-3/h4-7H,1-3H3. The van der Waals surface area contributed by atoms with Crippen LogP contribution in [0.3, 0.4) is 0 Å². The average molecular weight is 180 g/mol. The summed E-state index contributed by atoms with van der Waals surface area (Å²) < 4.78 is 17.8. The number of rotatable bonds is 2. The van der Waals surface area contributed by atoms with E-state index in [0.29, 0.717) is 0 Å². The minimum atomic E-state index is -0.326. The van der Waals surface area contributed by atoms with Gasteiger partial charge in [0.05, 0.1) is 7.11 Å². The third kappa shape index (κ3) is 2.58. The van der Waals surface area contributed by atoms with Gasteiger partial charge in [0, 0.05) is 0 Å². The van der Waals surface area contributed by atoms with E-state index in [1.54, 1.807) is 12.1 Å². The molecular formula is C11H13FO. The van der Waals surface area contributed by atoms with Crippen molar-refractivity contribution >= 4 is 6.08 Å². The van der Waals surface area contributed by atoms with Crippen molar-refractivity contribution in [1.82, 2.24) is 0 Å². The van der Waals surface area contributed by atoms with E-state index in [9.17, 15) is 4.39 Å². The summed E-state index contributed by atoms with van der Waals surface area (Å²) in [6.45, 7) is 3.99. The molecule has 0 fully saturated rings. The lowest BCUT2D eigenvalue weighted by Gasteiger charge is -2.02. The Hall–Kier alpha value is -1.31. The summed E-state index contributed by atoms with van der Waals surface area (Å²) in [5, 5.41) is 0. The Morgan fingerprint density at radius 3 is 2.62 bits per heavy atom. The summed E-state index contributed by atoms with van der Waals surface area (Å²) in [6.07, 6.45) is 1.97. The lowest BCUT2D eigenvalue weighted by molar-refractivity contribution is 0.386. The van der Waals surface area contributed by atoms with Crippen LogP contribution in [-0.4, -0.2) is 7.11 Å². The normalized spacial score (nSPS) is 9.54. The highest BCUT2D eigenvalue weighted by molar-refractivity contribution is 5.54.